The lowest BCUT2D eigenvalue weighted by atomic mass is 9.90. The second kappa shape index (κ2) is 12.0. The van der Waals surface area contributed by atoms with Crippen LogP contribution in [-0.4, -0.2) is 39.3 Å². The number of ketones is 1. The number of Topliss-reactive ketones (excluding diaryl/α,β-unsaturated/α-hetero) is 1. The number of allylic oxidation sites excluding steroid dienone is 3. The predicted molar refractivity (Wildman–Crippen MR) is 97.1 cm³/mol. The highest BCUT2D eigenvalue weighted by molar-refractivity contribution is 5.86. The molecular weight excluding hydrogens is 320 g/mol. The number of rotatable bonds is 12. The first kappa shape index (κ1) is 21.6. The third-order valence-electron chi connectivity index (χ3n) is 4.72. The average molecular weight is 352 g/mol. The molecule has 1 saturated carbocycles. The predicted octanol–water partition coefficient (Wildman–Crippen LogP) is 3.25. The number of aliphatic carboxylic acids is 1. The molecule has 1 fully saturated rings. The van der Waals surface area contributed by atoms with Crippen molar-refractivity contribution in [3.8, 4) is 0 Å². The normalized spacial score (nSPS) is 25.2. The SMILES string of the molecule is CCCCC[C@@H](O)/C=C/[C@H]1C(=O)C[C@H](O)[C@@H]1C/C=C/CCCC(=O)O. The summed E-state index contributed by atoms with van der Waals surface area (Å²) < 4.78 is 0. The highest BCUT2D eigenvalue weighted by atomic mass is 16.4. The van der Waals surface area contributed by atoms with Crippen LogP contribution in [0.4, 0.5) is 0 Å². The fourth-order valence-electron chi connectivity index (χ4n) is 3.22. The monoisotopic (exact) mass is 352 g/mol. The summed E-state index contributed by atoms with van der Waals surface area (Å²) in [6, 6.07) is 0. The van der Waals surface area contributed by atoms with Crippen LogP contribution in [0.2, 0.25) is 0 Å². The summed E-state index contributed by atoms with van der Waals surface area (Å²) in [5, 5.41) is 28.7. The molecule has 3 N–H and O–H groups in total. The topological polar surface area (TPSA) is 94.8 Å². The van der Waals surface area contributed by atoms with Gasteiger partial charge < -0.3 is 15.3 Å². The number of aliphatic hydroxyl groups is 2. The highest BCUT2D eigenvalue weighted by Gasteiger charge is 2.39. The van der Waals surface area contributed by atoms with Gasteiger partial charge >= 0.3 is 5.97 Å². The third-order valence-corrected chi connectivity index (χ3v) is 4.72. The molecule has 0 aliphatic heterocycles. The lowest BCUT2D eigenvalue weighted by molar-refractivity contribution is -0.137. The second-order valence-corrected chi connectivity index (χ2v) is 6.87. The number of carboxylic acid groups (broad SMARTS) is 1. The van der Waals surface area contributed by atoms with Crippen molar-refractivity contribution in [3.63, 3.8) is 0 Å². The standard InChI is InChI=1S/C20H32O5/c1-2-3-6-9-15(21)12-13-17-16(18(22)14-19(17)23)10-7-4-5-8-11-20(24)25/h4,7,12-13,15-18,21-22H,2-3,5-6,8-11,14H2,1H3,(H,24,25)/b7-4+,13-12+/t15-,16-,17-,18+/m1/s1. The van der Waals surface area contributed by atoms with Crippen LogP contribution in [0.3, 0.4) is 0 Å². The minimum Gasteiger partial charge on any atom is -0.481 e. The van der Waals surface area contributed by atoms with Crippen molar-refractivity contribution >= 4 is 11.8 Å². The number of carboxylic acids is 1. The second-order valence-electron chi connectivity index (χ2n) is 6.87. The summed E-state index contributed by atoms with van der Waals surface area (Å²) in [6.07, 6.45) is 12.1. The van der Waals surface area contributed by atoms with Crippen molar-refractivity contribution in [2.24, 2.45) is 11.8 Å². The van der Waals surface area contributed by atoms with Gasteiger partial charge in [0.2, 0.25) is 0 Å². The summed E-state index contributed by atoms with van der Waals surface area (Å²) in [5.74, 6) is -1.29. The Kier molecular flexibility index (Phi) is 10.3. The molecule has 0 spiro atoms. The number of hydrogen-bond acceptors (Lipinski definition) is 4. The minimum atomic E-state index is -0.798. The Hall–Kier alpha value is -1.46. The van der Waals surface area contributed by atoms with Crippen molar-refractivity contribution in [1.29, 1.82) is 0 Å². The zero-order chi connectivity index (χ0) is 18.7. The van der Waals surface area contributed by atoms with Gasteiger partial charge in [-0.1, -0.05) is 50.5 Å². The lowest BCUT2D eigenvalue weighted by Crippen LogP contribution is -2.19. The molecule has 0 amide bonds. The van der Waals surface area contributed by atoms with Gasteiger partial charge in [-0.15, -0.1) is 0 Å². The van der Waals surface area contributed by atoms with Gasteiger partial charge in [0.05, 0.1) is 12.2 Å². The van der Waals surface area contributed by atoms with Crippen molar-refractivity contribution in [1.82, 2.24) is 0 Å². The van der Waals surface area contributed by atoms with Gasteiger partial charge in [-0.05, 0) is 25.7 Å². The summed E-state index contributed by atoms with van der Waals surface area (Å²) in [7, 11) is 0. The molecule has 0 radical (unpaired) electrons. The van der Waals surface area contributed by atoms with Crippen LogP contribution in [0.5, 0.6) is 0 Å². The van der Waals surface area contributed by atoms with Crippen molar-refractivity contribution in [3.05, 3.63) is 24.3 Å². The Bertz CT molecular complexity index is 469. The van der Waals surface area contributed by atoms with E-state index < -0.39 is 18.2 Å². The molecule has 0 bridgehead atoms. The van der Waals surface area contributed by atoms with E-state index in [0.29, 0.717) is 25.7 Å². The quantitative estimate of drug-likeness (QED) is 0.370. The molecular formula is C20H32O5. The molecule has 0 saturated heterocycles. The van der Waals surface area contributed by atoms with Crippen LogP contribution in [0.15, 0.2) is 24.3 Å². The van der Waals surface area contributed by atoms with E-state index in [1.54, 1.807) is 12.2 Å². The molecule has 25 heavy (non-hydrogen) atoms. The number of hydrogen-bond donors (Lipinski definition) is 3. The van der Waals surface area contributed by atoms with Gasteiger partial charge in [0.25, 0.3) is 0 Å². The molecule has 0 heterocycles. The lowest BCUT2D eigenvalue weighted by Gasteiger charge is -2.17. The Balaban J connectivity index is 2.48. The van der Waals surface area contributed by atoms with Crippen molar-refractivity contribution < 1.29 is 24.9 Å². The van der Waals surface area contributed by atoms with E-state index in [9.17, 15) is 19.8 Å². The molecule has 0 unspecified atom stereocenters. The van der Waals surface area contributed by atoms with Crippen LogP contribution in [0, 0.1) is 11.8 Å². The summed E-state index contributed by atoms with van der Waals surface area (Å²) in [5.41, 5.74) is 0. The van der Waals surface area contributed by atoms with Crippen LogP contribution < -0.4 is 0 Å². The van der Waals surface area contributed by atoms with E-state index in [0.717, 1.165) is 19.3 Å². The fourth-order valence-corrected chi connectivity index (χ4v) is 3.22. The maximum absolute atomic E-state index is 12.1. The van der Waals surface area contributed by atoms with Gasteiger partial charge in [-0.25, -0.2) is 0 Å². The third kappa shape index (κ3) is 8.45. The van der Waals surface area contributed by atoms with E-state index in [2.05, 4.69) is 6.92 Å². The summed E-state index contributed by atoms with van der Waals surface area (Å²) in [4.78, 5) is 22.5. The van der Waals surface area contributed by atoms with Gasteiger partial charge in [0.15, 0.2) is 0 Å². The van der Waals surface area contributed by atoms with E-state index in [1.165, 1.54) is 0 Å². The zero-order valence-electron chi connectivity index (χ0n) is 15.1. The average Bonchev–Trinajstić information content (AvgIpc) is 2.82. The van der Waals surface area contributed by atoms with E-state index in [-0.39, 0.29) is 30.5 Å². The van der Waals surface area contributed by atoms with E-state index >= 15 is 0 Å². The fraction of sp³-hybridized carbons (Fsp3) is 0.700. The maximum Gasteiger partial charge on any atom is 0.303 e. The number of carbonyl (C=O) groups excluding carboxylic acids is 1. The van der Waals surface area contributed by atoms with Gasteiger partial charge in [0.1, 0.15) is 5.78 Å². The molecule has 0 aromatic rings. The Labute approximate surface area is 150 Å². The number of carbonyl (C=O) groups is 2. The minimum absolute atomic E-state index is 0.0220. The van der Waals surface area contributed by atoms with Crippen LogP contribution in [0.25, 0.3) is 0 Å². The molecule has 142 valence electrons. The Morgan fingerprint density at radius 1 is 1.28 bits per heavy atom. The van der Waals surface area contributed by atoms with Gasteiger partial charge in [-0.3, -0.25) is 9.59 Å². The van der Waals surface area contributed by atoms with Crippen LogP contribution in [0.1, 0.15) is 64.7 Å². The van der Waals surface area contributed by atoms with E-state index in [4.69, 9.17) is 5.11 Å². The maximum atomic E-state index is 12.1. The molecule has 1 rings (SSSR count). The van der Waals surface area contributed by atoms with Gasteiger partial charge in [-0.2, -0.15) is 0 Å². The Morgan fingerprint density at radius 2 is 2.04 bits per heavy atom. The smallest absolute Gasteiger partial charge is 0.303 e. The molecule has 0 aromatic heterocycles. The van der Waals surface area contributed by atoms with Crippen LogP contribution in [-0.2, 0) is 9.59 Å². The summed E-state index contributed by atoms with van der Waals surface area (Å²) in [6.45, 7) is 2.11. The molecule has 5 heteroatoms. The molecule has 1 aliphatic rings. The first-order valence-electron chi connectivity index (χ1n) is 9.39. The Morgan fingerprint density at radius 3 is 2.72 bits per heavy atom. The molecule has 5 nitrogen and oxygen atoms in total. The zero-order valence-corrected chi connectivity index (χ0v) is 15.1. The largest absolute Gasteiger partial charge is 0.481 e. The van der Waals surface area contributed by atoms with Crippen molar-refractivity contribution in [2.45, 2.75) is 76.9 Å². The van der Waals surface area contributed by atoms with E-state index in [1.807, 2.05) is 12.2 Å². The first-order valence-corrected chi connectivity index (χ1v) is 9.39. The first-order chi connectivity index (χ1) is 12.0. The highest BCUT2D eigenvalue weighted by Crippen LogP contribution is 2.33. The van der Waals surface area contributed by atoms with Crippen molar-refractivity contribution in [2.75, 3.05) is 0 Å². The van der Waals surface area contributed by atoms with Gasteiger partial charge in [0, 0.05) is 24.7 Å². The number of aliphatic hydroxyl groups excluding tert-OH is 2. The summed E-state index contributed by atoms with van der Waals surface area (Å²) >= 11 is 0. The molecule has 4 atom stereocenters. The van der Waals surface area contributed by atoms with Crippen LogP contribution >= 0.6 is 0 Å². The number of unbranched alkanes of at least 4 members (excludes halogenated alkanes) is 3. The molecule has 0 aromatic carbocycles. The molecule has 1 aliphatic carbocycles.